The number of nitrogens with one attached hydrogen (secondary N) is 2. The Hall–Kier alpha value is -0.120. The Bertz CT molecular complexity index is 204. The molecule has 0 aliphatic carbocycles. The minimum atomic E-state index is 0.463. The van der Waals surface area contributed by atoms with Gasteiger partial charge in [0.05, 0.1) is 6.10 Å². The molecular weight excluding hydrogens is 212 g/mol. The molecule has 2 aliphatic heterocycles. The molecule has 0 bridgehead atoms. The van der Waals surface area contributed by atoms with Gasteiger partial charge in [-0.1, -0.05) is 0 Å². The molecule has 2 rings (SSSR count). The van der Waals surface area contributed by atoms with Gasteiger partial charge in [0.2, 0.25) is 0 Å². The molecule has 3 atom stereocenters. The maximum atomic E-state index is 5.57. The number of hydrogen-bond donors (Lipinski definition) is 2. The molecule has 3 heteroatoms. The van der Waals surface area contributed by atoms with Gasteiger partial charge in [0, 0.05) is 13.2 Å². The first-order chi connectivity index (χ1) is 8.36. The maximum Gasteiger partial charge on any atom is 0.0588 e. The largest absolute Gasteiger partial charge is 0.378 e. The first-order valence-electron chi connectivity index (χ1n) is 7.39. The second-order valence-corrected chi connectivity index (χ2v) is 5.68. The standard InChI is InChI=1S/C14H28N2O/c1-12-14(6-9-17-12)11-16-8-3-5-13-4-2-7-15-10-13/h12-16H,2-11H2,1H3. The fraction of sp³-hybridized carbons (Fsp3) is 1.00. The zero-order valence-corrected chi connectivity index (χ0v) is 11.2. The Morgan fingerprint density at radius 1 is 1.35 bits per heavy atom. The first kappa shape index (κ1) is 13.3. The van der Waals surface area contributed by atoms with Crippen LogP contribution in [-0.4, -0.2) is 38.9 Å². The van der Waals surface area contributed by atoms with Crippen molar-refractivity contribution in [2.75, 3.05) is 32.8 Å². The summed E-state index contributed by atoms with van der Waals surface area (Å²) in [6.45, 7) is 7.96. The average Bonchev–Trinajstić information content (AvgIpc) is 2.76. The molecule has 0 amide bonds. The van der Waals surface area contributed by atoms with Crippen LogP contribution in [0.2, 0.25) is 0 Å². The summed E-state index contributed by atoms with van der Waals surface area (Å²) in [5.74, 6) is 1.67. The van der Waals surface area contributed by atoms with Gasteiger partial charge in [0.1, 0.15) is 0 Å². The molecular formula is C14H28N2O. The Kier molecular flexibility index (Phi) is 5.75. The molecule has 0 aromatic heterocycles. The minimum absolute atomic E-state index is 0.463. The summed E-state index contributed by atoms with van der Waals surface area (Å²) in [6, 6.07) is 0. The Labute approximate surface area is 106 Å². The van der Waals surface area contributed by atoms with Gasteiger partial charge in [-0.3, -0.25) is 0 Å². The molecule has 2 aliphatic rings. The molecule has 17 heavy (non-hydrogen) atoms. The Balaban J connectivity index is 1.45. The van der Waals surface area contributed by atoms with Crippen LogP contribution < -0.4 is 10.6 Å². The summed E-state index contributed by atoms with van der Waals surface area (Å²) in [4.78, 5) is 0. The molecule has 2 heterocycles. The second-order valence-electron chi connectivity index (χ2n) is 5.68. The van der Waals surface area contributed by atoms with Crippen LogP contribution in [0.25, 0.3) is 0 Å². The SMILES string of the molecule is CC1OCCC1CNCCCC1CCCNC1. The predicted molar refractivity (Wildman–Crippen MR) is 71.2 cm³/mol. The highest BCUT2D eigenvalue weighted by Crippen LogP contribution is 2.19. The average molecular weight is 240 g/mol. The van der Waals surface area contributed by atoms with E-state index in [2.05, 4.69) is 17.6 Å². The van der Waals surface area contributed by atoms with Crippen molar-refractivity contribution in [1.82, 2.24) is 10.6 Å². The van der Waals surface area contributed by atoms with Crippen LogP contribution in [0, 0.1) is 11.8 Å². The molecule has 3 unspecified atom stereocenters. The van der Waals surface area contributed by atoms with Gasteiger partial charge in [-0.05, 0) is 70.5 Å². The van der Waals surface area contributed by atoms with Crippen molar-refractivity contribution in [3.8, 4) is 0 Å². The van der Waals surface area contributed by atoms with Gasteiger partial charge in [0.25, 0.3) is 0 Å². The highest BCUT2D eigenvalue weighted by molar-refractivity contribution is 4.75. The van der Waals surface area contributed by atoms with Crippen molar-refractivity contribution in [2.45, 2.75) is 45.1 Å². The van der Waals surface area contributed by atoms with E-state index >= 15 is 0 Å². The predicted octanol–water partition coefficient (Wildman–Crippen LogP) is 1.78. The van der Waals surface area contributed by atoms with Crippen molar-refractivity contribution in [3.63, 3.8) is 0 Å². The van der Waals surface area contributed by atoms with E-state index in [0.29, 0.717) is 6.10 Å². The lowest BCUT2D eigenvalue weighted by molar-refractivity contribution is 0.105. The molecule has 100 valence electrons. The van der Waals surface area contributed by atoms with Crippen LogP contribution in [0.3, 0.4) is 0 Å². The summed E-state index contributed by atoms with van der Waals surface area (Å²) in [5, 5.41) is 7.09. The van der Waals surface area contributed by atoms with Gasteiger partial charge in [0.15, 0.2) is 0 Å². The summed E-state index contributed by atoms with van der Waals surface area (Å²) >= 11 is 0. The van der Waals surface area contributed by atoms with Crippen LogP contribution in [0.5, 0.6) is 0 Å². The van der Waals surface area contributed by atoms with Crippen molar-refractivity contribution < 1.29 is 4.74 Å². The van der Waals surface area contributed by atoms with Crippen LogP contribution in [0.15, 0.2) is 0 Å². The van der Waals surface area contributed by atoms with Crippen molar-refractivity contribution in [2.24, 2.45) is 11.8 Å². The summed E-state index contributed by atoms with van der Waals surface area (Å²) in [5.41, 5.74) is 0. The van der Waals surface area contributed by atoms with Crippen molar-refractivity contribution >= 4 is 0 Å². The highest BCUT2D eigenvalue weighted by atomic mass is 16.5. The minimum Gasteiger partial charge on any atom is -0.378 e. The quantitative estimate of drug-likeness (QED) is 0.694. The molecule has 3 nitrogen and oxygen atoms in total. The monoisotopic (exact) mass is 240 g/mol. The number of rotatable bonds is 6. The van der Waals surface area contributed by atoms with E-state index in [9.17, 15) is 0 Å². The lowest BCUT2D eigenvalue weighted by Gasteiger charge is -2.22. The van der Waals surface area contributed by atoms with Gasteiger partial charge < -0.3 is 15.4 Å². The van der Waals surface area contributed by atoms with E-state index in [-0.39, 0.29) is 0 Å². The molecule has 0 saturated carbocycles. The van der Waals surface area contributed by atoms with Gasteiger partial charge >= 0.3 is 0 Å². The summed E-state index contributed by atoms with van der Waals surface area (Å²) < 4.78 is 5.57. The van der Waals surface area contributed by atoms with Crippen molar-refractivity contribution in [1.29, 1.82) is 0 Å². The van der Waals surface area contributed by atoms with Crippen LogP contribution in [0.1, 0.15) is 39.0 Å². The molecule has 2 fully saturated rings. The van der Waals surface area contributed by atoms with E-state index in [4.69, 9.17) is 4.74 Å². The van der Waals surface area contributed by atoms with Gasteiger partial charge in [-0.25, -0.2) is 0 Å². The van der Waals surface area contributed by atoms with E-state index in [1.54, 1.807) is 0 Å². The normalized spacial score (nSPS) is 34.1. The van der Waals surface area contributed by atoms with E-state index in [1.165, 1.54) is 51.7 Å². The van der Waals surface area contributed by atoms with E-state index < -0.39 is 0 Å². The molecule has 0 aromatic rings. The summed E-state index contributed by atoms with van der Waals surface area (Å²) in [6.07, 6.45) is 7.21. The lowest BCUT2D eigenvalue weighted by Crippen LogP contribution is -2.31. The zero-order chi connectivity index (χ0) is 11.9. The maximum absolute atomic E-state index is 5.57. The number of piperidine rings is 1. The molecule has 0 aromatic carbocycles. The fourth-order valence-corrected chi connectivity index (χ4v) is 3.02. The third kappa shape index (κ3) is 4.57. The highest BCUT2D eigenvalue weighted by Gasteiger charge is 2.23. The van der Waals surface area contributed by atoms with Gasteiger partial charge in [-0.2, -0.15) is 0 Å². The zero-order valence-electron chi connectivity index (χ0n) is 11.2. The second kappa shape index (κ2) is 7.34. The first-order valence-corrected chi connectivity index (χ1v) is 7.39. The lowest BCUT2D eigenvalue weighted by atomic mass is 9.95. The fourth-order valence-electron chi connectivity index (χ4n) is 3.02. The topological polar surface area (TPSA) is 33.3 Å². The van der Waals surface area contributed by atoms with E-state index in [1.807, 2.05) is 0 Å². The van der Waals surface area contributed by atoms with Gasteiger partial charge in [-0.15, -0.1) is 0 Å². The Morgan fingerprint density at radius 2 is 2.29 bits per heavy atom. The third-order valence-corrected chi connectivity index (χ3v) is 4.30. The molecule has 0 radical (unpaired) electrons. The van der Waals surface area contributed by atoms with Crippen LogP contribution >= 0.6 is 0 Å². The summed E-state index contributed by atoms with van der Waals surface area (Å²) in [7, 11) is 0. The molecule has 2 N–H and O–H groups in total. The van der Waals surface area contributed by atoms with Crippen LogP contribution in [-0.2, 0) is 4.74 Å². The number of hydrogen-bond acceptors (Lipinski definition) is 3. The van der Waals surface area contributed by atoms with Crippen molar-refractivity contribution in [3.05, 3.63) is 0 Å². The molecule has 2 saturated heterocycles. The third-order valence-electron chi connectivity index (χ3n) is 4.30. The Morgan fingerprint density at radius 3 is 3.00 bits per heavy atom. The number of ether oxygens (including phenoxy) is 1. The van der Waals surface area contributed by atoms with E-state index in [0.717, 1.165) is 25.0 Å². The molecule has 0 spiro atoms. The van der Waals surface area contributed by atoms with Crippen LogP contribution in [0.4, 0.5) is 0 Å². The smallest absolute Gasteiger partial charge is 0.0588 e.